The number of rotatable bonds is 3. The molecule has 1 fully saturated rings. The maximum atomic E-state index is 11.3. The van der Waals surface area contributed by atoms with Gasteiger partial charge in [0.05, 0.1) is 0 Å². The largest absolute Gasteiger partial charge is 0.376 e. The quantitative estimate of drug-likeness (QED) is 0.552. The lowest BCUT2D eigenvalue weighted by atomic mass is 10.2. The van der Waals surface area contributed by atoms with Crippen molar-refractivity contribution in [2.24, 2.45) is 0 Å². The van der Waals surface area contributed by atoms with E-state index in [0.29, 0.717) is 11.3 Å². The van der Waals surface area contributed by atoms with Gasteiger partial charge in [-0.2, -0.15) is 0 Å². The number of amides is 3. The summed E-state index contributed by atoms with van der Waals surface area (Å²) in [6, 6.07) is -1.27. The number of urea groups is 1. The van der Waals surface area contributed by atoms with Crippen LogP contribution in [-0.4, -0.2) is 51.5 Å². The van der Waals surface area contributed by atoms with Gasteiger partial charge < -0.3 is 10.2 Å². The van der Waals surface area contributed by atoms with Gasteiger partial charge in [-0.3, -0.25) is 9.69 Å². The van der Waals surface area contributed by atoms with Crippen molar-refractivity contribution in [2.45, 2.75) is 19.4 Å². The molecule has 3 amide bonds. The van der Waals surface area contributed by atoms with Gasteiger partial charge in [0.25, 0.3) is 5.91 Å². The number of carbonyl (C=O) groups excluding carboxylic acids is 2. The summed E-state index contributed by atoms with van der Waals surface area (Å²) >= 11 is 0. The highest BCUT2D eigenvalue weighted by Gasteiger charge is 2.43. The first-order valence-corrected chi connectivity index (χ1v) is 4.01. The van der Waals surface area contributed by atoms with E-state index in [1.54, 1.807) is 6.92 Å². The lowest BCUT2D eigenvalue weighted by Crippen LogP contribution is -2.35. The molecule has 1 aliphatic rings. The van der Waals surface area contributed by atoms with Crippen LogP contribution in [0.25, 0.3) is 0 Å². The molecule has 13 heavy (non-hydrogen) atoms. The van der Waals surface area contributed by atoms with Gasteiger partial charge in [0.15, 0.2) is 0 Å². The van der Waals surface area contributed by atoms with Crippen LogP contribution >= 0.6 is 0 Å². The van der Waals surface area contributed by atoms with Crippen LogP contribution in [0.1, 0.15) is 13.3 Å². The molecule has 1 saturated heterocycles. The van der Waals surface area contributed by atoms with Crippen molar-refractivity contribution in [3.05, 3.63) is 0 Å². The standard InChI is InChI=1S/C7H12N2O4/c1-2-5-6(12)9(4-11)7(13)8(5)3-10/h5,10-11H,2-4H2,1H3. The zero-order valence-electron chi connectivity index (χ0n) is 7.30. The van der Waals surface area contributed by atoms with Crippen LogP contribution in [0.2, 0.25) is 0 Å². The van der Waals surface area contributed by atoms with E-state index < -0.39 is 31.4 Å². The molecule has 1 rings (SSSR count). The van der Waals surface area contributed by atoms with Crippen molar-refractivity contribution in [2.75, 3.05) is 13.5 Å². The summed E-state index contributed by atoms with van der Waals surface area (Å²) in [4.78, 5) is 24.3. The van der Waals surface area contributed by atoms with Crippen LogP contribution in [0.4, 0.5) is 4.79 Å². The maximum Gasteiger partial charge on any atom is 0.331 e. The Kier molecular flexibility index (Phi) is 2.84. The zero-order valence-corrected chi connectivity index (χ0v) is 7.30. The van der Waals surface area contributed by atoms with E-state index in [0.717, 1.165) is 4.90 Å². The van der Waals surface area contributed by atoms with E-state index in [2.05, 4.69) is 0 Å². The molecular formula is C7H12N2O4. The molecule has 1 aliphatic heterocycles. The van der Waals surface area contributed by atoms with E-state index in [-0.39, 0.29) is 0 Å². The van der Waals surface area contributed by atoms with E-state index in [1.165, 1.54) is 0 Å². The topological polar surface area (TPSA) is 81.1 Å². The summed E-state index contributed by atoms with van der Waals surface area (Å²) in [7, 11) is 0. The molecule has 6 heteroatoms. The van der Waals surface area contributed by atoms with Gasteiger partial charge in [-0.15, -0.1) is 0 Å². The first-order valence-electron chi connectivity index (χ1n) is 4.01. The van der Waals surface area contributed by atoms with E-state index >= 15 is 0 Å². The highest BCUT2D eigenvalue weighted by atomic mass is 16.3. The smallest absolute Gasteiger partial charge is 0.331 e. The van der Waals surface area contributed by atoms with Crippen molar-refractivity contribution >= 4 is 11.9 Å². The maximum absolute atomic E-state index is 11.3. The number of imide groups is 1. The molecule has 0 radical (unpaired) electrons. The lowest BCUT2D eigenvalue weighted by molar-refractivity contribution is -0.131. The minimum Gasteiger partial charge on any atom is -0.376 e. The van der Waals surface area contributed by atoms with Crippen LogP contribution in [0.15, 0.2) is 0 Å². The van der Waals surface area contributed by atoms with Crippen molar-refractivity contribution < 1.29 is 19.8 Å². The Labute approximate surface area is 75.4 Å². The molecule has 1 heterocycles. The second-order valence-corrected chi connectivity index (χ2v) is 2.73. The third-order valence-corrected chi connectivity index (χ3v) is 2.08. The van der Waals surface area contributed by atoms with Gasteiger partial charge in [-0.05, 0) is 6.42 Å². The molecule has 1 unspecified atom stereocenters. The predicted molar refractivity (Wildman–Crippen MR) is 42.3 cm³/mol. The Morgan fingerprint density at radius 1 is 1.31 bits per heavy atom. The second-order valence-electron chi connectivity index (χ2n) is 2.73. The number of hydrogen-bond acceptors (Lipinski definition) is 4. The Hall–Kier alpha value is -1.14. The van der Waals surface area contributed by atoms with E-state index in [1.807, 2.05) is 0 Å². The number of hydrogen-bond donors (Lipinski definition) is 2. The van der Waals surface area contributed by atoms with Crippen LogP contribution in [-0.2, 0) is 4.79 Å². The molecule has 6 nitrogen and oxygen atoms in total. The highest BCUT2D eigenvalue weighted by molar-refractivity contribution is 6.03. The van der Waals surface area contributed by atoms with Gasteiger partial charge in [-0.1, -0.05) is 6.92 Å². The fourth-order valence-corrected chi connectivity index (χ4v) is 1.38. The van der Waals surface area contributed by atoms with Crippen LogP contribution in [0.3, 0.4) is 0 Å². The molecular weight excluding hydrogens is 176 g/mol. The van der Waals surface area contributed by atoms with Crippen LogP contribution < -0.4 is 0 Å². The molecule has 2 N–H and O–H groups in total. The monoisotopic (exact) mass is 188 g/mol. The van der Waals surface area contributed by atoms with Crippen LogP contribution in [0.5, 0.6) is 0 Å². The summed E-state index contributed by atoms with van der Waals surface area (Å²) in [5.74, 6) is -0.455. The molecule has 0 aliphatic carbocycles. The number of aliphatic hydroxyl groups excluding tert-OH is 2. The number of aliphatic hydroxyl groups is 2. The average Bonchev–Trinajstić information content (AvgIpc) is 2.36. The van der Waals surface area contributed by atoms with Crippen molar-refractivity contribution in [1.29, 1.82) is 0 Å². The van der Waals surface area contributed by atoms with Gasteiger partial charge in [0.1, 0.15) is 19.5 Å². The Bertz CT molecular complexity index is 209. The van der Waals surface area contributed by atoms with Crippen LogP contribution in [0, 0.1) is 0 Å². The number of carbonyl (C=O) groups is 2. The van der Waals surface area contributed by atoms with Gasteiger partial charge >= 0.3 is 6.03 Å². The third kappa shape index (κ3) is 1.38. The zero-order chi connectivity index (χ0) is 10.0. The lowest BCUT2D eigenvalue weighted by Gasteiger charge is -2.16. The highest BCUT2D eigenvalue weighted by Crippen LogP contribution is 2.18. The van der Waals surface area contributed by atoms with Crippen molar-refractivity contribution in [3.63, 3.8) is 0 Å². The molecule has 74 valence electrons. The Morgan fingerprint density at radius 2 is 1.92 bits per heavy atom. The SMILES string of the molecule is CCC1C(=O)N(CO)C(=O)N1CO. The predicted octanol–water partition coefficient (Wildman–Crippen LogP) is -1.07. The number of nitrogens with zero attached hydrogens (tertiary/aromatic N) is 2. The summed E-state index contributed by atoms with van der Waals surface area (Å²) in [6.07, 6.45) is 0.432. The van der Waals surface area contributed by atoms with Crippen molar-refractivity contribution in [3.8, 4) is 0 Å². The minimum atomic E-state index is -0.637. The fourth-order valence-electron chi connectivity index (χ4n) is 1.38. The molecule has 0 aromatic heterocycles. The molecule has 0 bridgehead atoms. The molecule has 0 aromatic carbocycles. The summed E-state index contributed by atoms with van der Waals surface area (Å²) in [5.41, 5.74) is 0. The fraction of sp³-hybridized carbons (Fsp3) is 0.714. The first kappa shape index (κ1) is 9.94. The Morgan fingerprint density at radius 3 is 2.23 bits per heavy atom. The normalized spacial score (nSPS) is 23.2. The average molecular weight is 188 g/mol. The molecule has 0 saturated carbocycles. The van der Waals surface area contributed by atoms with Gasteiger partial charge in [0, 0.05) is 0 Å². The van der Waals surface area contributed by atoms with Gasteiger partial charge in [0.2, 0.25) is 0 Å². The summed E-state index contributed by atoms with van der Waals surface area (Å²) < 4.78 is 0. The second kappa shape index (κ2) is 3.71. The molecule has 0 spiro atoms. The minimum absolute atomic E-state index is 0.432. The third-order valence-electron chi connectivity index (χ3n) is 2.08. The molecule has 1 atom stereocenters. The molecule has 0 aromatic rings. The Balaban J connectivity index is 2.88. The summed E-state index contributed by atoms with van der Waals surface area (Å²) in [5, 5.41) is 17.5. The van der Waals surface area contributed by atoms with E-state index in [4.69, 9.17) is 10.2 Å². The van der Waals surface area contributed by atoms with E-state index in [9.17, 15) is 9.59 Å². The van der Waals surface area contributed by atoms with Gasteiger partial charge in [-0.25, -0.2) is 9.69 Å². The summed E-state index contributed by atoms with van der Waals surface area (Å²) in [6.45, 7) is 0.601. The van der Waals surface area contributed by atoms with Crippen molar-refractivity contribution in [1.82, 2.24) is 9.80 Å². The first-order chi connectivity index (χ1) is 6.17.